The van der Waals surface area contributed by atoms with Crippen LogP contribution in [-0.2, 0) is 67.0 Å². The lowest BCUT2D eigenvalue weighted by atomic mass is 9.78. The molecule has 0 aromatic rings. The Balaban J connectivity index is 1.27. The molecule has 12 amide bonds. The molecule has 4 heterocycles. The maximum absolute atomic E-state index is 15.9. The van der Waals surface area contributed by atoms with Crippen LogP contribution in [0.5, 0.6) is 0 Å². The Hall–Kier alpha value is -6.36. The fourth-order valence-electron chi connectivity index (χ4n) is 16.1. The van der Waals surface area contributed by atoms with Gasteiger partial charge >= 0.3 is 6.18 Å². The van der Waals surface area contributed by atoms with Crippen LogP contribution in [0.2, 0.25) is 0 Å². The predicted molar refractivity (Wildman–Crippen MR) is 364 cm³/mol. The number of morpholine rings is 1. The van der Waals surface area contributed by atoms with Crippen LogP contribution in [0.4, 0.5) is 13.2 Å². The molecule has 5 unspecified atom stereocenters. The number of amides is 12. The summed E-state index contributed by atoms with van der Waals surface area (Å²) in [6, 6.07) is -9.58. The van der Waals surface area contributed by atoms with Gasteiger partial charge in [0.2, 0.25) is 70.9 Å². The lowest BCUT2D eigenvalue weighted by molar-refractivity contribution is -0.182. The number of hydrogen-bond donors (Lipinski definition) is 3. The average Bonchev–Trinajstić information content (AvgIpc) is 1.34. The van der Waals surface area contributed by atoms with Gasteiger partial charge in [-0.15, -0.1) is 11.6 Å². The number of nitrogens with one attached hydrogen (secondary N) is 3. The van der Waals surface area contributed by atoms with Gasteiger partial charge in [0.1, 0.15) is 47.8 Å². The van der Waals surface area contributed by atoms with E-state index in [4.69, 9.17) is 21.1 Å². The molecule has 0 radical (unpaired) electrons. The van der Waals surface area contributed by atoms with Crippen LogP contribution < -0.4 is 16.0 Å². The fraction of sp³-hybridized carbons (Fsp3) is 0.829. The highest BCUT2D eigenvalue weighted by atomic mass is 35.5. The van der Waals surface area contributed by atoms with Crippen molar-refractivity contribution in [3.05, 3.63) is 0 Å². The number of nitrogens with zero attached hydrogens (tertiary/aromatic N) is 9. The number of alkyl halides is 4. The van der Waals surface area contributed by atoms with E-state index in [2.05, 4.69) is 16.0 Å². The molecule has 7 fully saturated rings. The largest absolute Gasteiger partial charge is 0.393 e. The molecular weight excluding hydrogens is 1330 g/mol. The molecule has 26 nitrogen and oxygen atoms in total. The lowest BCUT2D eigenvalue weighted by Crippen LogP contribution is -2.65. The first kappa shape index (κ1) is 80.9. The Morgan fingerprint density at radius 1 is 0.640 bits per heavy atom. The minimum Gasteiger partial charge on any atom is -0.379 e. The van der Waals surface area contributed by atoms with Gasteiger partial charge in [-0.3, -0.25) is 57.5 Å². The second kappa shape index (κ2) is 36.2. The number of fused-ring (bicyclic) bond motifs is 3. The SMILES string of the molecule is CCCOC[C@H]1C(=O)N(C)CC(=O)N[C@@H](CCC2CCC(C(F)(F)F)C(Cl)C2)C(=O)N2CCC[C@H]2C(=O)NC2(CCCC2)C(=O)N(C)[C@@H](C2CCCCC2)C(=O)N(C)[C@H](C(=O)N2C3CCC2COC3)CC(=O)N(C)[C@@H](CCC)C(=O)N[C@@H]([C@@H](C)CC)C(=O)N(C)CC(=O)N(C)CC(=O)N1C. The Morgan fingerprint density at radius 3 is 1.88 bits per heavy atom. The van der Waals surface area contributed by atoms with E-state index in [1.54, 1.807) is 11.8 Å². The second-order valence-electron chi connectivity index (χ2n) is 29.5. The van der Waals surface area contributed by atoms with E-state index in [9.17, 15) is 41.9 Å². The maximum atomic E-state index is 15.9. The van der Waals surface area contributed by atoms with Crippen molar-refractivity contribution in [2.24, 2.45) is 23.7 Å². The zero-order chi connectivity index (χ0) is 73.7. The van der Waals surface area contributed by atoms with Crippen LogP contribution in [0.1, 0.15) is 175 Å². The summed E-state index contributed by atoms with van der Waals surface area (Å²) in [6.07, 6.45) is 2.93. The predicted octanol–water partition coefficient (Wildman–Crippen LogP) is 4.07. The fourth-order valence-corrected chi connectivity index (χ4v) is 16.6. The van der Waals surface area contributed by atoms with Gasteiger partial charge in [0, 0.05) is 67.9 Å². The summed E-state index contributed by atoms with van der Waals surface area (Å²) >= 11 is 6.39. The Labute approximate surface area is 592 Å². The first-order valence-corrected chi connectivity index (χ1v) is 36.9. The summed E-state index contributed by atoms with van der Waals surface area (Å²) in [5.41, 5.74) is -1.57. The smallest absolute Gasteiger partial charge is 0.379 e. The van der Waals surface area contributed by atoms with Gasteiger partial charge in [0.05, 0.1) is 63.9 Å². The van der Waals surface area contributed by atoms with E-state index < -0.39 is 174 Å². The normalized spacial score (nSPS) is 30.9. The molecule has 30 heteroatoms. The van der Waals surface area contributed by atoms with Crippen molar-refractivity contribution in [1.29, 1.82) is 0 Å². The van der Waals surface area contributed by atoms with Crippen LogP contribution in [0.15, 0.2) is 0 Å². The van der Waals surface area contributed by atoms with Gasteiger partial charge in [-0.05, 0) is 114 Å². The molecule has 3 aliphatic carbocycles. The minimum atomic E-state index is -4.52. The summed E-state index contributed by atoms with van der Waals surface area (Å²) < 4.78 is 53.6. The second-order valence-corrected chi connectivity index (χ2v) is 30.1. The number of likely N-dealkylation sites (N-methyl/N-ethyl adjacent to an activating group) is 7. The zero-order valence-corrected chi connectivity index (χ0v) is 61.5. The molecule has 0 aromatic carbocycles. The Kier molecular flexibility index (Phi) is 29.3. The van der Waals surface area contributed by atoms with E-state index in [-0.39, 0.29) is 109 Å². The van der Waals surface area contributed by atoms with Crippen molar-refractivity contribution in [2.45, 2.75) is 247 Å². The van der Waals surface area contributed by atoms with Gasteiger partial charge in [0.15, 0.2) is 0 Å². The number of hydrogen-bond acceptors (Lipinski definition) is 14. The van der Waals surface area contributed by atoms with Crippen LogP contribution in [0, 0.1) is 23.7 Å². The summed E-state index contributed by atoms with van der Waals surface area (Å²) in [5, 5.41) is 7.52. The molecule has 4 saturated heterocycles. The zero-order valence-electron chi connectivity index (χ0n) is 60.8. The van der Waals surface area contributed by atoms with Crippen LogP contribution >= 0.6 is 11.6 Å². The monoisotopic (exact) mass is 1440 g/mol. The standard InChI is InChI=1S/C70H112ClF3N12O14/c1-12-21-51-61(91)76-59(43(4)14-3)66(96)80(7)38-57(89)78(5)39-58(90)82(9)54(42-99-34-13-2)64(94)79(6)37-55(87)75-50(30-26-44-25-29-48(49(71)35-44)70(72,73)74)63(93)85-33-20-24-52(85)62(92)77-69(31-18-19-32-69)68(98)84(11)60(45-22-16-15-17-23-45)67(97)83(10)53(36-56(88)81(51)8)65(95)86-46-27-28-47(86)41-100-40-46/h43-54,59-60H,12-42H2,1-11H3,(H,75,87)(H,76,91)(H,77,92)/t43-,44?,46?,47?,48?,49?,50-,51-,52-,53-,54-,59-,60-/m0/s1. The van der Waals surface area contributed by atoms with Gasteiger partial charge < -0.3 is 69.5 Å². The molecule has 2 bridgehead atoms. The number of carbonyl (C=O) groups is 12. The molecule has 100 heavy (non-hydrogen) atoms. The molecule has 4 aliphatic heterocycles. The average molecular weight is 1440 g/mol. The first-order valence-electron chi connectivity index (χ1n) is 36.5. The number of carbonyl (C=O) groups excluding carboxylic acids is 12. The quantitative estimate of drug-likeness (QED) is 0.173. The molecule has 7 rings (SSSR count). The van der Waals surface area contributed by atoms with Crippen molar-refractivity contribution in [1.82, 2.24) is 60.0 Å². The van der Waals surface area contributed by atoms with Crippen LogP contribution in [0.3, 0.4) is 0 Å². The summed E-state index contributed by atoms with van der Waals surface area (Å²) in [5.74, 6) is -11.0. The first-order chi connectivity index (χ1) is 47.3. The van der Waals surface area contributed by atoms with Gasteiger partial charge in [-0.1, -0.05) is 72.6 Å². The molecule has 3 N–H and O–H groups in total. The lowest BCUT2D eigenvalue weighted by Gasteiger charge is -2.44. The number of ether oxygens (including phenoxy) is 2. The summed E-state index contributed by atoms with van der Waals surface area (Å²) in [4.78, 5) is 190. The highest BCUT2D eigenvalue weighted by Crippen LogP contribution is 2.44. The third-order valence-corrected chi connectivity index (χ3v) is 23.0. The van der Waals surface area contributed by atoms with E-state index in [1.807, 2.05) is 20.8 Å². The number of halogens is 4. The van der Waals surface area contributed by atoms with Gasteiger partial charge in [-0.2, -0.15) is 13.2 Å². The molecule has 1 spiro atoms. The maximum Gasteiger partial charge on any atom is 0.393 e. The third-order valence-electron chi connectivity index (χ3n) is 22.5. The topological polar surface area (TPSA) is 289 Å². The van der Waals surface area contributed by atoms with Crippen molar-refractivity contribution in [2.75, 3.05) is 102 Å². The highest BCUT2D eigenvalue weighted by molar-refractivity contribution is 6.21. The van der Waals surface area contributed by atoms with Crippen molar-refractivity contribution in [3.63, 3.8) is 0 Å². The molecule has 3 saturated carbocycles. The Bertz CT molecular complexity index is 2910. The van der Waals surface area contributed by atoms with Crippen molar-refractivity contribution >= 4 is 82.5 Å². The van der Waals surface area contributed by atoms with Crippen molar-refractivity contribution in [3.8, 4) is 0 Å². The third kappa shape index (κ3) is 19.5. The van der Waals surface area contributed by atoms with Crippen molar-refractivity contribution < 1.29 is 80.2 Å². The van der Waals surface area contributed by atoms with Gasteiger partial charge in [-0.25, -0.2) is 0 Å². The molecule has 7 aliphatic rings. The summed E-state index contributed by atoms with van der Waals surface area (Å²) in [7, 11) is 9.78. The Morgan fingerprint density at radius 2 is 1.27 bits per heavy atom. The van der Waals surface area contributed by atoms with E-state index >= 15 is 28.8 Å². The number of rotatable bonds is 13. The van der Waals surface area contributed by atoms with Crippen LogP contribution in [-0.4, -0.2) is 288 Å². The highest BCUT2D eigenvalue weighted by Gasteiger charge is 2.53. The van der Waals surface area contributed by atoms with E-state index in [0.29, 0.717) is 64.2 Å². The molecule has 564 valence electrons. The molecule has 13 atom stereocenters. The molecule has 0 aromatic heterocycles. The molecular formula is C70H112ClF3N12O14. The van der Waals surface area contributed by atoms with Crippen LogP contribution in [0.25, 0.3) is 0 Å². The summed E-state index contributed by atoms with van der Waals surface area (Å²) in [6.45, 7) is 5.86. The van der Waals surface area contributed by atoms with Gasteiger partial charge in [0.25, 0.3) is 0 Å². The van der Waals surface area contributed by atoms with E-state index in [0.717, 1.165) is 38.9 Å². The van der Waals surface area contributed by atoms with E-state index in [1.165, 1.54) is 68.9 Å². The minimum absolute atomic E-state index is 0.0144.